The van der Waals surface area contributed by atoms with Crippen molar-refractivity contribution in [2.45, 2.75) is 44.1 Å². The van der Waals surface area contributed by atoms with E-state index >= 15 is 0 Å². The van der Waals surface area contributed by atoms with Gasteiger partial charge >= 0.3 is 0 Å². The first-order valence-electron chi connectivity index (χ1n) is 9.37. The fourth-order valence-corrected chi connectivity index (χ4v) is 4.66. The first-order valence-corrected chi connectivity index (χ1v) is 9.37. The number of benzene rings is 2. The molecule has 2 atom stereocenters. The van der Waals surface area contributed by atoms with Crippen LogP contribution in [0.25, 0.3) is 0 Å². The molecule has 1 N–H and O–H groups in total. The maximum Gasteiger partial charge on any atom is 0.162 e. The number of hydrogen-bond acceptors (Lipinski definition) is 3. The Labute approximate surface area is 149 Å². The molecule has 1 heterocycles. The molecule has 130 valence electrons. The Kier molecular flexibility index (Phi) is 4.58. The average molecular weight is 335 g/mol. The number of phenols is 1. The number of carbonyl (C=O) groups is 1. The quantitative estimate of drug-likeness (QED) is 0.834. The van der Waals surface area contributed by atoms with Crippen molar-refractivity contribution in [1.82, 2.24) is 4.90 Å². The largest absolute Gasteiger partial charge is 0.508 e. The summed E-state index contributed by atoms with van der Waals surface area (Å²) in [6, 6.07) is 16.1. The van der Waals surface area contributed by atoms with Gasteiger partial charge in [-0.05, 0) is 56.0 Å². The summed E-state index contributed by atoms with van der Waals surface area (Å²) in [7, 11) is 0. The minimum atomic E-state index is 0.246. The van der Waals surface area contributed by atoms with Gasteiger partial charge in [-0.3, -0.25) is 9.69 Å². The van der Waals surface area contributed by atoms with E-state index in [9.17, 15) is 9.90 Å². The van der Waals surface area contributed by atoms with Crippen molar-refractivity contribution in [2.24, 2.45) is 0 Å². The van der Waals surface area contributed by atoms with Crippen LogP contribution in [-0.4, -0.2) is 34.9 Å². The molecular formula is C22H25NO2. The van der Waals surface area contributed by atoms with Crippen LogP contribution < -0.4 is 0 Å². The predicted molar refractivity (Wildman–Crippen MR) is 99.2 cm³/mol. The number of fused-ring (bicyclic) bond motifs is 3. The second-order valence-corrected chi connectivity index (χ2v) is 7.27. The van der Waals surface area contributed by atoms with Crippen LogP contribution in [0, 0.1) is 0 Å². The lowest BCUT2D eigenvalue weighted by molar-refractivity contribution is 0.0972. The van der Waals surface area contributed by atoms with E-state index in [1.54, 1.807) is 6.07 Å². The van der Waals surface area contributed by atoms with Gasteiger partial charge in [0.15, 0.2) is 5.78 Å². The van der Waals surface area contributed by atoms with Crippen molar-refractivity contribution in [2.75, 3.05) is 13.1 Å². The summed E-state index contributed by atoms with van der Waals surface area (Å²) in [5.41, 5.74) is 3.33. The molecule has 0 bridgehead atoms. The van der Waals surface area contributed by atoms with Crippen LogP contribution in [0.15, 0.2) is 48.5 Å². The lowest BCUT2D eigenvalue weighted by Crippen LogP contribution is -2.35. The van der Waals surface area contributed by atoms with Crippen molar-refractivity contribution < 1.29 is 9.90 Å². The second kappa shape index (κ2) is 7.01. The van der Waals surface area contributed by atoms with Crippen LogP contribution in [0.2, 0.25) is 0 Å². The van der Waals surface area contributed by atoms with E-state index in [0.717, 1.165) is 49.9 Å². The smallest absolute Gasteiger partial charge is 0.162 e. The number of aromatic hydroxyl groups is 1. The predicted octanol–water partition coefficient (Wildman–Crippen LogP) is 4.16. The molecule has 0 amide bonds. The molecule has 1 saturated heterocycles. The number of likely N-dealkylation sites (tertiary alicyclic amines) is 1. The highest BCUT2D eigenvalue weighted by Gasteiger charge is 2.38. The lowest BCUT2D eigenvalue weighted by Gasteiger charge is -2.33. The third-order valence-corrected chi connectivity index (χ3v) is 5.88. The number of Topliss-reactive ketones (excluding diaryl/α,β-unsaturated/α-hetero) is 1. The number of rotatable bonds is 5. The minimum Gasteiger partial charge on any atom is -0.508 e. The molecule has 2 aromatic rings. The minimum absolute atomic E-state index is 0.246. The number of hydrogen-bond donors (Lipinski definition) is 1. The highest BCUT2D eigenvalue weighted by Crippen LogP contribution is 2.43. The molecule has 0 aromatic heterocycles. The molecule has 2 aromatic carbocycles. The van der Waals surface area contributed by atoms with Gasteiger partial charge in [0.1, 0.15) is 5.75 Å². The van der Waals surface area contributed by atoms with Gasteiger partial charge in [-0.25, -0.2) is 0 Å². The van der Waals surface area contributed by atoms with Crippen LogP contribution in [0.4, 0.5) is 0 Å². The van der Waals surface area contributed by atoms with Gasteiger partial charge in [0, 0.05) is 23.9 Å². The van der Waals surface area contributed by atoms with Gasteiger partial charge < -0.3 is 5.11 Å². The van der Waals surface area contributed by atoms with E-state index < -0.39 is 0 Å². The Morgan fingerprint density at radius 1 is 1.08 bits per heavy atom. The van der Waals surface area contributed by atoms with Crippen LogP contribution in [-0.2, 0) is 6.42 Å². The zero-order valence-corrected chi connectivity index (χ0v) is 14.5. The molecule has 1 fully saturated rings. The van der Waals surface area contributed by atoms with Crippen molar-refractivity contribution in [3.63, 3.8) is 0 Å². The van der Waals surface area contributed by atoms with E-state index in [1.165, 1.54) is 5.56 Å². The van der Waals surface area contributed by atoms with E-state index in [4.69, 9.17) is 0 Å². The van der Waals surface area contributed by atoms with Crippen LogP contribution >= 0.6 is 0 Å². The van der Waals surface area contributed by atoms with Gasteiger partial charge in [-0.1, -0.05) is 42.5 Å². The zero-order chi connectivity index (χ0) is 17.2. The standard InChI is InChI=1S/C22H25NO2/c24-21(16-6-2-1-3-7-16)10-5-14-23-15-13-18-17-8-4-9-22(25)19(17)11-12-20(18)23/h1-4,6-9,18,20,25H,5,10-15H2/t18-,20+/m0/s1. The SMILES string of the molecule is O=C(CCCN1CC[C@H]2c3cccc(O)c3CC[C@H]21)c1ccccc1. The van der Waals surface area contributed by atoms with Crippen molar-refractivity contribution in [1.29, 1.82) is 0 Å². The van der Waals surface area contributed by atoms with Crippen molar-refractivity contribution in [3.05, 3.63) is 65.2 Å². The zero-order valence-electron chi connectivity index (χ0n) is 14.5. The molecule has 1 aliphatic heterocycles. The number of nitrogens with zero attached hydrogens (tertiary/aromatic N) is 1. The van der Waals surface area contributed by atoms with Gasteiger partial charge in [-0.2, -0.15) is 0 Å². The lowest BCUT2D eigenvalue weighted by atomic mass is 9.79. The number of carbonyl (C=O) groups excluding carboxylic acids is 1. The molecule has 3 nitrogen and oxygen atoms in total. The molecule has 0 spiro atoms. The Morgan fingerprint density at radius 3 is 2.76 bits per heavy atom. The molecular weight excluding hydrogens is 310 g/mol. The van der Waals surface area contributed by atoms with E-state index in [0.29, 0.717) is 24.1 Å². The van der Waals surface area contributed by atoms with Gasteiger partial charge in [0.25, 0.3) is 0 Å². The third kappa shape index (κ3) is 3.21. The molecule has 3 heteroatoms. The fraction of sp³-hybridized carbons (Fsp3) is 0.409. The average Bonchev–Trinajstić information content (AvgIpc) is 3.06. The Morgan fingerprint density at radius 2 is 1.92 bits per heavy atom. The first-order chi connectivity index (χ1) is 12.2. The fourth-order valence-electron chi connectivity index (χ4n) is 4.66. The molecule has 0 saturated carbocycles. The molecule has 0 radical (unpaired) electrons. The van der Waals surface area contributed by atoms with Crippen molar-refractivity contribution in [3.8, 4) is 5.75 Å². The summed E-state index contributed by atoms with van der Waals surface area (Å²) in [6.07, 6.45) is 4.78. The topological polar surface area (TPSA) is 40.5 Å². The summed E-state index contributed by atoms with van der Waals surface area (Å²) in [6.45, 7) is 2.10. The Balaban J connectivity index is 1.36. The normalized spacial score (nSPS) is 22.4. The summed E-state index contributed by atoms with van der Waals surface area (Å²) >= 11 is 0. The molecule has 0 unspecified atom stereocenters. The summed E-state index contributed by atoms with van der Waals surface area (Å²) in [5.74, 6) is 1.25. The van der Waals surface area contributed by atoms with Crippen LogP contribution in [0.5, 0.6) is 5.75 Å². The summed E-state index contributed by atoms with van der Waals surface area (Å²) in [5, 5.41) is 10.1. The highest BCUT2D eigenvalue weighted by atomic mass is 16.3. The third-order valence-electron chi connectivity index (χ3n) is 5.88. The van der Waals surface area contributed by atoms with E-state index in [-0.39, 0.29) is 5.78 Å². The molecule has 4 rings (SSSR count). The second-order valence-electron chi connectivity index (χ2n) is 7.27. The molecule has 1 aliphatic carbocycles. The van der Waals surface area contributed by atoms with Gasteiger partial charge in [0.05, 0.1) is 0 Å². The van der Waals surface area contributed by atoms with E-state index in [1.807, 2.05) is 36.4 Å². The van der Waals surface area contributed by atoms with Crippen LogP contribution in [0.1, 0.15) is 53.1 Å². The summed E-state index contributed by atoms with van der Waals surface area (Å²) in [4.78, 5) is 14.8. The van der Waals surface area contributed by atoms with Gasteiger partial charge in [-0.15, -0.1) is 0 Å². The van der Waals surface area contributed by atoms with Gasteiger partial charge in [0.2, 0.25) is 0 Å². The first kappa shape index (κ1) is 16.3. The number of ketones is 1. The van der Waals surface area contributed by atoms with Crippen molar-refractivity contribution >= 4 is 5.78 Å². The molecule has 25 heavy (non-hydrogen) atoms. The van der Waals surface area contributed by atoms with Crippen LogP contribution in [0.3, 0.4) is 0 Å². The summed E-state index contributed by atoms with van der Waals surface area (Å²) < 4.78 is 0. The maximum atomic E-state index is 12.3. The molecule has 2 aliphatic rings. The maximum absolute atomic E-state index is 12.3. The Hall–Kier alpha value is -2.13. The Bertz CT molecular complexity index is 756. The number of phenolic OH excluding ortho intramolecular Hbond substituents is 1. The van der Waals surface area contributed by atoms with E-state index in [2.05, 4.69) is 11.0 Å². The highest BCUT2D eigenvalue weighted by molar-refractivity contribution is 5.95. The monoisotopic (exact) mass is 335 g/mol.